The van der Waals surface area contributed by atoms with Crippen molar-refractivity contribution < 1.29 is 9.90 Å². The van der Waals surface area contributed by atoms with Gasteiger partial charge in [0.05, 0.1) is 5.92 Å². The summed E-state index contributed by atoms with van der Waals surface area (Å²) in [6.07, 6.45) is 26.7. The van der Waals surface area contributed by atoms with Gasteiger partial charge in [-0.15, -0.1) is 0 Å². The molecule has 2 heteroatoms. The van der Waals surface area contributed by atoms with Crippen LogP contribution in [0.2, 0.25) is 0 Å². The first-order valence-electron chi connectivity index (χ1n) is 11.6. The Morgan fingerprint density at radius 1 is 0.692 bits per heavy atom. The van der Waals surface area contributed by atoms with Gasteiger partial charge in [-0.25, -0.2) is 0 Å². The van der Waals surface area contributed by atoms with Crippen molar-refractivity contribution in [2.75, 3.05) is 0 Å². The van der Waals surface area contributed by atoms with E-state index in [1.807, 2.05) is 6.08 Å². The quantitative estimate of drug-likeness (QED) is 0.174. The highest BCUT2D eigenvalue weighted by Gasteiger charge is 2.12. The fraction of sp³-hybridized carbons (Fsp3) is 0.875. The molecule has 0 rings (SSSR count). The molecule has 0 spiro atoms. The highest BCUT2D eigenvalue weighted by Crippen LogP contribution is 2.16. The average molecular weight is 367 g/mol. The van der Waals surface area contributed by atoms with Gasteiger partial charge in [-0.3, -0.25) is 4.79 Å². The van der Waals surface area contributed by atoms with Crippen LogP contribution < -0.4 is 0 Å². The molecule has 0 radical (unpaired) electrons. The smallest absolute Gasteiger partial charge is 0.310 e. The lowest BCUT2D eigenvalue weighted by molar-refractivity contribution is -0.140. The van der Waals surface area contributed by atoms with Crippen LogP contribution >= 0.6 is 0 Å². The Bertz CT molecular complexity index is 322. The molecule has 0 aliphatic carbocycles. The van der Waals surface area contributed by atoms with Crippen molar-refractivity contribution in [1.29, 1.82) is 0 Å². The second-order valence-corrected chi connectivity index (χ2v) is 7.90. The fourth-order valence-electron chi connectivity index (χ4n) is 3.46. The molecule has 0 aromatic heterocycles. The van der Waals surface area contributed by atoms with Crippen LogP contribution in [0, 0.1) is 5.92 Å². The minimum atomic E-state index is -0.653. The molecule has 0 amide bonds. The summed E-state index contributed by atoms with van der Waals surface area (Å²) in [7, 11) is 0. The van der Waals surface area contributed by atoms with Crippen LogP contribution in [-0.2, 0) is 4.79 Å². The number of carboxylic acid groups (broad SMARTS) is 1. The van der Waals surface area contributed by atoms with Crippen molar-refractivity contribution in [2.24, 2.45) is 5.92 Å². The lowest BCUT2D eigenvalue weighted by atomic mass is 9.98. The zero-order chi connectivity index (χ0) is 19.3. The number of hydrogen-bond acceptors (Lipinski definition) is 1. The Kier molecular flexibility index (Phi) is 19.9. The summed E-state index contributed by atoms with van der Waals surface area (Å²) in [5.74, 6) is -0.927. The van der Waals surface area contributed by atoms with E-state index in [1.165, 1.54) is 96.3 Å². The summed E-state index contributed by atoms with van der Waals surface area (Å²) in [6.45, 7) is 4.50. The second kappa shape index (κ2) is 20.5. The zero-order valence-electron chi connectivity index (χ0n) is 17.8. The molecular formula is C24H46O2. The van der Waals surface area contributed by atoms with E-state index in [9.17, 15) is 9.90 Å². The molecule has 0 heterocycles. The van der Waals surface area contributed by atoms with Gasteiger partial charge in [0.25, 0.3) is 0 Å². The number of carbonyl (C=O) groups is 1. The van der Waals surface area contributed by atoms with Gasteiger partial charge in [0.2, 0.25) is 0 Å². The first-order chi connectivity index (χ1) is 12.7. The number of hydrogen-bond donors (Lipinski definition) is 1. The normalized spacial score (nSPS) is 12.7. The molecule has 0 aliphatic heterocycles. The van der Waals surface area contributed by atoms with Crippen LogP contribution in [0.5, 0.6) is 0 Å². The van der Waals surface area contributed by atoms with Crippen molar-refractivity contribution in [3.63, 3.8) is 0 Å². The molecule has 1 unspecified atom stereocenters. The Hall–Kier alpha value is -0.790. The number of allylic oxidation sites excluding steroid dienone is 1. The van der Waals surface area contributed by atoms with E-state index >= 15 is 0 Å². The van der Waals surface area contributed by atoms with Gasteiger partial charge in [-0.05, 0) is 19.3 Å². The predicted octanol–water partition coefficient (Wildman–Crippen LogP) is 8.31. The van der Waals surface area contributed by atoms with Gasteiger partial charge < -0.3 is 5.11 Å². The Morgan fingerprint density at radius 3 is 1.58 bits per heavy atom. The van der Waals surface area contributed by atoms with Crippen LogP contribution in [0.3, 0.4) is 0 Å². The van der Waals surface area contributed by atoms with Crippen LogP contribution in [0.1, 0.15) is 129 Å². The third-order valence-corrected chi connectivity index (χ3v) is 5.28. The summed E-state index contributed by atoms with van der Waals surface area (Å²) in [5, 5.41) is 9.37. The van der Waals surface area contributed by atoms with Crippen molar-refractivity contribution in [1.82, 2.24) is 0 Å². The molecule has 0 aliphatic rings. The van der Waals surface area contributed by atoms with Crippen molar-refractivity contribution in [3.8, 4) is 0 Å². The van der Waals surface area contributed by atoms with E-state index in [0.717, 1.165) is 19.3 Å². The van der Waals surface area contributed by atoms with Crippen molar-refractivity contribution in [3.05, 3.63) is 12.2 Å². The van der Waals surface area contributed by atoms with Gasteiger partial charge in [-0.2, -0.15) is 0 Å². The molecule has 1 atom stereocenters. The molecule has 2 nitrogen and oxygen atoms in total. The molecule has 154 valence electrons. The van der Waals surface area contributed by atoms with E-state index in [4.69, 9.17) is 0 Å². The number of rotatable bonds is 20. The minimum Gasteiger partial charge on any atom is -0.481 e. The standard InChI is InChI=1S/C24H46O2/c1-3-5-7-9-11-13-14-16-18-20-22-23(24(25)26)21-19-17-15-12-10-8-6-4-2/h19,21,23H,3-18,20,22H2,1-2H3,(H,25,26). The molecule has 0 fully saturated rings. The Morgan fingerprint density at radius 2 is 1.12 bits per heavy atom. The van der Waals surface area contributed by atoms with Gasteiger partial charge in [-0.1, -0.05) is 122 Å². The SMILES string of the molecule is CCCCCCCCC=CC(CCCCCCCCCCCC)C(=O)O. The van der Waals surface area contributed by atoms with Gasteiger partial charge in [0.15, 0.2) is 0 Å². The molecule has 26 heavy (non-hydrogen) atoms. The Labute approximate surface area is 163 Å². The fourth-order valence-corrected chi connectivity index (χ4v) is 3.46. The first-order valence-corrected chi connectivity index (χ1v) is 11.6. The maximum atomic E-state index is 11.4. The second-order valence-electron chi connectivity index (χ2n) is 7.90. The number of unbranched alkanes of at least 4 members (excludes halogenated alkanes) is 15. The lowest BCUT2D eigenvalue weighted by Crippen LogP contribution is -2.10. The first kappa shape index (κ1) is 25.2. The summed E-state index contributed by atoms with van der Waals surface area (Å²) in [5.41, 5.74) is 0. The summed E-state index contributed by atoms with van der Waals surface area (Å²) in [6, 6.07) is 0. The maximum absolute atomic E-state index is 11.4. The number of aliphatic carboxylic acids is 1. The molecule has 0 saturated heterocycles. The van der Waals surface area contributed by atoms with Crippen LogP contribution in [-0.4, -0.2) is 11.1 Å². The highest BCUT2D eigenvalue weighted by atomic mass is 16.4. The largest absolute Gasteiger partial charge is 0.481 e. The van der Waals surface area contributed by atoms with Crippen LogP contribution in [0.4, 0.5) is 0 Å². The number of carboxylic acids is 1. The van der Waals surface area contributed by atoms with E-state index < -0.39 is 5.97 Å². The lowest BCUT2D eigenvalue weighted by Gasteiger charge is -2.07. The monoisotopic (exact) mass is 366 g/mol. The molecule has 1 N–H and O–H groups in total. The van der Waals surface area contributed by atoms with E-state index in [1.54, 1.807) is 0 Å². The molecule has 0 bridgehead atoms. The Balaban J connectivity index is 3.58. The third kappa shape index (κ3) is 18.0. The molecule has 0 aromatic carbocycles. The van der Waals surface area contributed by atoms with Gasteiger partial charge in [0, 0.05) is 0 Å². The van der Waals surface area contributed by atoms with Gasteiger partial charge in [0.1, 0.15) is 0 Å². The van der Waals surface area contributed by atoms with Crippen molar-refractivity contribution in [2.45, 2.75) is 129 Å². The predicted molar refractivity (Wildman–Crippen MR) is 115 cm³/mol. The average Bonchev–Trinajstić information content (AvgIpc) is 2.63. The van der Waals surface area contributed by atoms with Gasteiger partial charge >= 0.3 is 5.97 Å². The molecular weight excluding hydrogens is 320 g/mol. The van der Waals surface area contributed by atoms with Crippen LogP contribution in [0.15, 0.2) is 12.2 Å². The summed E-state index contributed by atoms with van der Waals surface area (Å²) in [4.78, 5) is 11.4. The topological polar surface area (TPSA) is 37.3 Å². The van der Waals surface area contributed by atoms with E-state index in [2.05, 4.69) is 19.9 Å². The summed E-state index contributed by atoms with van der Waals surface area (Å²) < 4.78 is 0. The zero-order valence-corrected chi connectivity index (χ0v) is 17.8. The van der Waals surface area contributed by atoms with Crippen molar-refractivity contribution >= 4 is 5.97 Å². The van der Waals surface area contributed by atoms with E-state index in [-0.39, 0.29) is 5.92 Å². The maximum Gasteiger partial charge on any atom is 0.310 e. The summed E-state index contributed by atoms with van der Waals surface area (Å²) >= 11 is 0. The minimum absolute atomic E-state index is 0.274. The van der Waals surface area contributed by atoms with E-state index in [0.29, 0.717) is 0 Å². The third-order valence-electron chi connectivity index (χ3n) is 5.28. The molecule has 0 saturated carbocycles. The highest BCUT2D eigenvalue weighted by molar-refractivity contribution is 5.72. The molecule has 0 aromatic rings. The van der Waals surface area contributed by atoms with Crippen LogP contribution in [0.25, 0.3) is 0 Å².